The summed E-state index contributed by atoms with van der Waals surface area (Å²) in [6, 6.07) is 0. The van der Waals surface area contributed by atoms with Crippen LogP contribution in [-0.2, 0) is 19.1 Å². The van der Waals surface area contributed by atoms with Gasteiger partial charge < -0.3 is 14.6 Å². The molecule has 0 bridgehead atoms. The molecule has 5 heteroatoms. The Labute approximate surface area is 245 Å². The van der Waals surface area contributed by atoms with Crippen LogP contribution in [-0.4, -0.2) is 36.4 Å². The number of carbonyl (C=O) groups is 2. The van der Waals surface area contributed by atoms with Gasteiger partial charge in [-0.3, -0.25) is 9.59 Å². The molecule has 0 aromatic rings. The molecule has 0 radical (unpaired) electrons. The lowest BCUT2D eigenvalue weighted by molar-refractivity contribution is -0.161. The predicted octanol–water partition coefficient (Wildman–Crippen LogP) is 9.28. The van der Waals surface area contributed by atoms with Crippen molar-refractivity contribution in [3.8, 4) is 0 Å². The van der Waals surface area contributed by atoms with E-state index in [4.69, 9.17) is 9.47 Å². The van der Waals surface area contributed by atoms with Crippen LogP contribution in [0.25, 0.3) is 0 Å². The number of aliphatic hydroxyl groups is 1. The van der Waals surface area contributed by atoms with E-state index in [2.05, 4.69) is 74.6 Å². The second-order valence-corrected chi connectivity index (χ2v) is 10.2. The topological polar surface area (TPSA) is 72.8 Å². The highest BCUT2D eigenvalue weighted by Crippen LogP contribution is 2.11. The summed E-state index contributed by atoms with van der Waals surface area (Å²) in [5.74, 6) is -0.669. The van der Waals surface area contributed by atoms with Gasteiger partial charge in [-0.2, -0.15) is 0 Å². The Morgan fingerprint density at radius 3 is 1.60 bits per heavy atom. The van der Waals surface area contributed by atoms with Crippen LogP contribution >= 0.6 is 0 Å². The summed E-state index contributed by atoms with van der Waals surface area (Å²) in [6.07, 6.45) is 38.5. The Bertz CT molecular complexity index is 732. The lowest BCUT2D eigenvalue weighted by Gasteiger charge is -2.15. The minimum atomic E-state index is -0.798. The maximum Gasteiger partial charge on any atom is 0.306 e. The van der Waals surface area contributed by atoms with Gasteiger partial charge in [0.15, 0.2) is 6.10 Å². The summed E-state index contributed by atoms with van der Waals surface area (Å²) in [7, 11) is 0. The van der Waals surface area contributed by atoms with Gasteiger partial charge in [-0.25, -0.2) is 0 Å². The maximum absolute atomic E-state index is 12.1. The highest BCUT2D eigenvalue weighted by molar-refractivity contribution is 5.70. The molecule has 0 aromatic heterocycles. The number of aliphatic hydroxyl groups excluding tert-OH is 1. The van der Waals surface area contributed by atoms with E-state index >= 15 is 0 Å². The van der Waals surface area contributed by atoms with Crippen molar-refractivity contribution in [3.63, 3.8) is 0 Å². The largest absolute Gasteiger partial charge is 0.462 e. The van der Waals surface area contributed by atoms with Crippen molar-refractivity contribution in [2.45, 2.75) is 136 Å². The smallest absolute Gasteiger partial charge is 0.306 e. The molecule has 0 fully saturated rings. The van der Waals surface area contributed by atoms with Crippen molar-refractivity contribution in [2.75, 3.05) is 13.2 Å². The van der Waals surface area contributed by atoms with Crippen LogP contribution in [0, 0.1) is 0 Å². The zero-order valence-corrected chi connectivity index (χ0v) is 25.6. The van der Waals surface area contributed by atoms with Crippen molar-refractivity contribution in [3.05, 3.63) is 60.8 Å². The third kappa shape index (κ3) is 28.6. The van der Waals surface area contributed by atoms with Gasteiger partial charge in [0, 0.05) is 12.8 Å². The number of hydrogen-bond donors (Lipinski definition) is 1. The number of rotatable bonds is 27. The molecule has 1 atom stereocenters. The number of hydrogen-bond acceptors (Lipinski definition) is 5. The summed E-state index contributed by atoms with van der Waals surface area (Å²) in [4.78, 5) is 24.0. The van der Waals surface area contributed by atoms with Gasteiger partial charge >= 0.3 is 11.9 Å². The molecule has 40 heavy (non-hydrogen) atoms. The molecular formula is C35H58O5. The molecule has 0 aliphatic heterocycles. The SMILES string of the molecule is CC/C=C\C/C=C\C/C=C\C/C=C\C/C=C\CCCC(=O)O[C@@H](CO)COC(=O)CCCCCCCCCCC. The van der Waals surface area contributed by atoms with Gasteiger partial charge in [-0.05, 0) is 51.4 Å². The van der Waals surface area contributed by atoms with E-state index in [0.717, 1.165) is 57.8 Å². The number of unbranched alkanes of at least 4 members (excludes halogenated alkanes) is 9. The van der Waals surface area contributed by atoms with Crippen LogP contribution in [0.15, 0.2) is 60.8 Å². The minimum absolute atomic E-state index is 0.0900. The number of carbonyl (C=O) groups excluding carboxylic acids is 2. The standard InChI is InChI=1S/C35H58O5/c1-3-5-7-9-11-13-14-15-16-17-18-19-20-22-24-26-28-30-35(38)40-33(31-36)32-39-34(37)29-27-25-23-21-12-10-8-6-4-2/h5,7,11,13,15-16,18-19,22,24,33,36H,3-4,6,8-10,12,14,17,20-21,23,25-32H2,1-2H3/b7-5-,13-11-,16-15-,19-18-,24-22-/t33-/m0/s1. The zero-order chi connectivity index (χ0) is 29.4. The van der Waals surface area contributed by atoms with E-state index in [1.807, 2.05) is 0 Å². The van der Waals surface area contributed by atoms with Crippen molar-refractivity contribution < 1.29 is 24.2 Å². The van der Waals surface area contributed by atoms with Crippen LogP contribution in [0.2, 0.25) is 0 Å². The first-order chi connectivity index (χ1) is 19.6. The zero-order valence-electron chi connectivity index (χ0n) is 25.6. The van der Waals surface area contributed by atoms with Gasteiger partial charge in [0.1, 0.15) is 6.61 Å². The lowest BCUT2D eigenvalue weighted by Crippen LogP contribution is -2.28. The minimum Gasteiger partial charge on any atom is -0.462 e. The molecule has 0 saturated heterocycles. The summed E-state index contributed by atoms with van der Waals surface area (Å²) in [5.41, 5.74) is 0. The molecule has 0 aliphatic rings. The third-order valence-electron chi connectivity index (χ3n) is 6.33. The molecule has 0 aromatic carbocycles. The molecule has 0 aliphatic carbocycles. The predicted molar refractivity (Wildman–Crippen MR) is 168 cm³/mol. The van der Waals surface area contributed by atoms with E-state index in [0.29, 0.717) is 12.8 Å². The monoisotopic (exact) mass is 558 g/mol. The van der Waals surface area contributed by atoms with Crippen LogP contribution in [0.1, 0.15) is 129 Å². The Balaban J connectivity index is 3.75. The van der Waals surface area contributed by atoms with Crippen LogP contribution in [0.3, 0.4) is 0 Å². The van der Waals surface area contributed by atoms with Crippen LogP contribution in [0.4, 0.5) is 0 Å². The Kier molecular flexibility index (Phi) is 29.3. The fourth-order valence-electron chi connectivity index (χ4n) is 3.94. The third-order valence-corrected chi connectivity index (χ3v) is 6.33. The first-order valence-corrected chi connectivity index (χ1v) is 15.8. The van der Waals surface area contributed by atoms with Crippen molar-refractivity contribution in [1.82, 2.24) is 0 Å². The molecular weight excluding hydrogens is 500 g/mol. The molecule has 0 heterocycles. The fraction of sp³-hybridized carbons (Fsp3) is 0.657. The van der Waals surface area contributed by atoms with E-state index in [1.165, 1.54) is 38.5 Å². The molecule has 228 valence electrons. The molecule has 0 amide bonds. The first kappa shape index (κ1) is 37.6. The fourth-order valence-corrected chi connectivity index (χ4v) is 3.94. The van der Waals surface area contributed by atoms with Crippen LogP contribution in [0.5, 0.6) is 0 Å². The van der Waals surface area contributed by atoms with Gasteiger partial charge in [-0.15, -0.1) is 0 Å². The van der Waals surface area contributed by atoms with Gasteiger partial charge in [0.2, 0.25) is 0 Å². The first-order valence-electron chi connectivity index (χ1n) is 15.8. The van der Waals surface area contributed by atoms with Gasteiger partial charge in [-0.1, -0.05) is 126 Å². The summed E-state index contributed by atoms with van der Waals surface area (Å²) in [6.45, 7) is 3.92. The summed E-state index contributed by atoms with van der Waals surface area (Å²) < 4.78 is 10.5. The average molecular weight is 559 g/mol. The van der Waals surface area contributed by atoms with Crippen molar-refractivity contribution in [1.29, 1.82) is 0 Å². The molecule has 0 saturated carbocycles. The lowest BCUT2D eigenvalue weighted by atomic mass is 10.1. The molecule has 5 nitrogen and oxygen atoms in total. The number of allylic oxidation sites excluding steroid dienone is 10. The van der Waals surface area contributed by atoms with E-state index < -0.39 is 6.10 Å². The highest BCUT2D eigenvalue weighted by Gasteiger charge is 2.15. The van der Waals surface area contributed by atoms with Crippen LogP contribution < -0.4 is 0 Å². The normalized spacial score (nSPS) is 13.0. The van der Waals surface area contributed by atoms with E-state index in [1.54, 1.807) is 0 Å². The Morgan fingerprint density at radius 1 is 0.600 bits per heavy atom. The number of ether oxygens (including phenoxy) is 2. The van der Waals surface area contributed by atoms with E-state index in [-0.39, 0.29) is 31.6 Å². The van der Waals surface area contributed by atoms with Gasteiger partial charge in [0.05, 0.1) is 6.61 Å². The molecule has 0 rings (SSSR count). The van der Waals surface area contributed by atoms with Crippen molar-refractivity contribution in [2.24, 2.45) is 0 Å². The Morgan fingerprint density at radius 2 is 1.07 bits per heavy atom. The second kappa shape index (κ2) is 31.1. The molecule has 0 spiro atoms. The molecule has 0 unspecified atom stereocenters. The van der Waals surface area contributed by atoms with Crippen molar-refractivity contribution >= 4 is 11.9 Å². The number of esters is 2. The second-order valence-electron chi connectivity index (χ2n) is 10.2. The quantitative estimate of drug-likeness (QED) is 0.0618. The summed E-state index contributed by atoms with van der Waals surface area (Å²) in [5, 5.41) is 9.46. The molecule has 1 N–H and O–H groups in total. The van der Waals surface area contributed by atoms with E-state index in [9.17, 15) is 14.7 Å². The van der Waals surface area contributed by atoms with Gasteiger partial charge in [0.25, 0.3) is 0 Å². The maximum atomic E-state index is 12.1. The average Bonchev–Trinajstić information content (AvgIpc) is 2.96. The highest BCUT2D eigenvalue weighted by atomic mass is 16.6. The summed E-state index contributed by atoms with van der Waals surface area (Å²) >= 11 is 0. The Hall–Kier alpha value is -2.40.